The molecule has 3 saturated carbocycles. The smallest absolute Gasteiger partial charge is 0.408 e. The van der Waals surface area contributed by atoms with Crippen LogP contribution >= 0.6 is 0 Å². The van der Waals surface area contributed by atoms with E-state index in [0.717, 1.165) is 6.92 Å². The third-order valence-corrected chi connectivity index (χ3v) is 19.8. The number of benzene rings is 3. The van der Waals surface area contributed by atoms with Gasteiger partial charge in [-0.1, -0.05) is 62.4 Å². The quantitative estimate of drug-likeness (QED) is 0.00967. The van der Waals surface area contributed by atoms with Crippen LogP contribution < -0.4 is 21.8 Å². The van der Waals surface area contributed by atoms with Crippen LogP contribution in [0, 0.1) is 22.7 Å². The van der Waals surface area contributed by atoms with Crippen LogP contribution in [0.4, 0.5) is 4.79 Å². The predicted molar refractivity (Wildman–Crippen MR) is 357 cm³/mol. The van der Waals surface area contributed by atoms with E-state index in [1.165, 1.54) is 57.2 Å². The number of carbonyl (C=O) groups excluding carboxylic acids is 9. The highest BCUT2D eigenvalue weighted by atomic mass is 32.2. The van der Waals surface area contributed by atoms with Crippen molar-refractivity contribution >= 4 is 70.1 Å². The van der Waals surface area contributed by atoms with Crippen LogP contribution in [0.25, 0.3) is 0 Å². The van der Waals surface area contributed by atoms with Crippen molar-refractivity contribution in [3.8, 4) is 0 Å². The molecule has 3 aromatic rings. The summed E-state index contributed by atoms with van der Waals surface area (Å²) in [6, 6.07) is 19.4. The van der Waals surface area contributed by atoms with Gasteiger partial charge in [-0.05, 0) is 138 Å². The van der Waals surface area contributed by atoms with Gasteiger partial charge in [0.25, 0.3) is 5.91 Å². The second kappa shape index (κ2) is 34.7. The molecule has 1 saturated heterocycles. The van der Waals surface area contributed by atoms with Gasteiger partial charge in [-0.2, -0.15) is 5.10 Å². The molecule has 14 atom stereocenters. The third kappa shape index (κ3) is 18.8. The van der Waals surface area contributed by atoms with E-state index in [1.54, 1.807) is 90.3 Å². The summed E-state index contributed by atoms with van der Waals surface area (Å²) in [6.45, 7) is 15.8. The molecule has 0 radical (unpaired) electrons. The van der Waals surface area contributed by atoms with Gasteiger partial charge in [-0.15, -0.1) is 0 Å². The van der Waals surface area contributed by atoms with Crippen molar-refractivity contribution in [2.75, 3.05) is 53.3 Å². The van der Waals surface area contributed by atoms with E-state index in [1.807, 2.05) is 0 Å². The Labute approximate surface area is 583 Å². The van der Waals surface area contributed by atoms with Crippen LogP contribution in [0.15, 0.2) is 106 Å². The number of ketones is 2. The maximum atomic E-state index is 15.2. The summed E-state index contributed by atoms with van der Waals surface area (Å²) in [5, 5.41) is 50.0. The highest BCUT2D eigenvalue weighted by molar-refractivity contribution is 7.79. The minimum Gasteiger partial charge on any atom is -0.768 e. The number of aliphatic hydroxyl groups is 3. The van der Waals surface area contributed by atoms with Crippen molar-refractivity contribution < 1.29 is 110 Å². The zero-order valence-corrected chi connectivity index (χ0v) is 58.9. The van der Waals surface area contributed by atoms with Gasteiger partial charge in [0.2, 0.25) is 12.0 Å². The summed E-state index contributed by atoms with van der Waals surface area (Å²) in [5.41, 5.74) is -7.67. The minimum absolute atomic E-state index is 0.0604. The number of nitrogens with two attached hydrogens (primary N) is 1. The number of alkyl carbamates (subject to hydrolysis) is 1. The van der Waals surface area contributed by atoms with Gasteiger partial charge in [0.05, 0.1) is 74.6 Å². The lowest BCUT2D eigenvalue weighted by Gasteiger charge is -2.67. The topological polar surface area (TPSA) is 412 Å². The molecule has 5 aliphatic rings. The fourth-order valence-corrected chi connectivity index (χ4v) is 14.1. The Bertz CT molecular complexity index is 3490. The molecule has 2 bridgehead atoms. The number of nitrogens with zero attached hydrogens (tertiary/aromatic N) is 1. The van der Waals surface area contributed by atoms with Crippen LogP contribution in [-0.2, 0) is 82.5 Å². The molecule has 4 fully saturated rings. The molecule has 28 nitrogen and oxygen atoms in total. The molecule has 3 aromatic carbocycles. The van der Waals surface area contributed by atoms with Crippen LogP contribution in [-0.4, -0.2) is 196 Å². The minimum atomic E-state index is -2.42. The van der Waals surface area contributed by atoms with E-state index in [9.17, 15) is 57.6 Å². The summed E-state index contributed by atoms with van der Waals surface area (Å²) >= 11 is -2.37. The Kier molecular flexibility index (Phi) is 27.5. The Hall–Kier alpha value is -7.87. The normalized spacial score (nSPS) is 26.7. The van der Waals surface area contributed by atoms with Crippen LogP contribution in [0.1, 0.15) is 152 Å². The number of esters is 4. The number of unbranched alkanes of at least 4 members (excludes halogenated alkanes) is 1. The molecular formula is C71H94N5O23S-. The van der Waals surface area contributed by atoms with Gasteiger partial charge in [0.1, 0.15) is 41.7 Å². The number of amides is 3. The summed E-state index contributed by atoms with van der Waals surface area (Å²) in [6.07, 6.45) is -8.84. The number of Topliss-reactive ketones (excluding diaryl/α,β-unsaturated/α-hetero) is 2. The standard InChI is InChI=1S/C49H61N3O15.C22H34N2O8S/c1-25-31(63-43(59)37(64-42(58)29-19-20-30(21-29)52-50)35(27-15-11-9-12-16-27)51-44(60)67-45(3,4)5)23-49(61)40(65-41(57)28-17-13-10-14-18-28)38-47(8,39(56)36(55)34(25)46(49,6)7)32(54)22-33-48(38,24-62-33)66-26(2)53;1-17(25)20(24-22(27)18-6-8-19(9-7-18)33(28)29)5-3-4-11-23-21(26)10-12-31-15-16-32-14-13-30-2/h9-18,29,31-33,35-38,40,54-55,61H,19-24,50H2,1-8H3,(H,51,60);6-9,20H,3-5,10-16H2,1-2H3,(H,23,26)(H,24,27)(H,28,29)/p-1/b52-30+;/t29?,31-,32-,33+,35-,36+,37+,38-,40-,47+,48-,49+;/m1./s1. The molecule has 1 aliphatic heterocycles. The van der Waals surface area contributed by atoms with Gasteiger partial charge < -0.3 is 84.3 Å². The van der Waals surface area contributed by atoms with Gasteiger partial charge in [-0.3, -0.25) is 33.0 Å². The van der Waals surface area contributed by atoms with E-state index in [0.29, 0.717) is 83.0 Å². The van der Waals surface area contributed by atoms with Gasteiger partial charge in [0, 0.05) is 67.8 Å². The SMILES string of the molecule is CC(=O)O[C@]12CO[C@H]1C[C@@H](O)[C@]1(C)C(=O)[C@@H](O)C3=C(C)[C@H](OC(=O)[C@@H](OC(=O)C4CC/C(=N\N)C4)[C@H](NC(=O)OC(C)(C)C)c4ccccc4)C[C@](O)([C@H](OC(=O)c4ccccc4)[C@@H]21)C3(C)C.COCCOCCOCCC(=O)NCCCCC(NC(=O)c1ccc(S(=O)[O-])cc1)C(C)=O. The zero-order chi connectivity index (χ0) is 73.5. The fraction of sp³-hybridized carbons (Fsp3) is 0.577. The Morgan fingerprint density at radius 2 is 1.49 bits per heavy atom. The average Bonchev–Trinajstić information content (AvgIpc) is 0.727. The number of hydrogen-bond donors (Lipinski definition) is 7. The van der Waals surface area contributed by atoms with Crippen molar-refractivity contribution in [1.29, 1.82) is 0 Å². The monoisotopic (exact) mass is 1420 g/mol. The zero-order valence-electron chi connectivity index (χ0n) is 58.1. The number of ether oxygens (including phenoxy) is 9. The highest BCUT2D eigenvalue weighted by Gasteiger charge is 2.78. The lowest BCUT2D eigenvalue weighted by atomic mass is 9.44. The number of aliphatic hydroxyl groups excluding tert-OH is 2. The molecule has 8 rings (SSSR count). The molecule has 548 valence electrons. The molecule has 8 N–H and O–H groups in total. The lowest BCUT2D eigenvalue weighted by molar-refractivity contribution is -0.346. The lowest BCUT2D eigenvalue weighted by Crippen LogP contribution is -2.81. The van der Waals surface area contributed by atoms with Crippen LogP contribution in [0.2, 0.25) is 0 Å². The number of hydrazone groups is 1. The number of hydrogen-bond acceptors (Lipinski definition) is 25. The van der Waals surface area contributed by atoms with Crippen molar-refractivity contribution in [2.24, 2.45) is 33.6 Å². The highest BCUT2D eigenvalue weighted by Crippen LogP contribution is 2.64. The number of carbonyl (C=O) groups is 9. The molecule has 0 spiro atoms. The Morgan fingerprint density at radius 1 is 0.850 bits per heavy atom. The molecule has 29 heteroatoms. The summed E-state index contributed by atoms with van der Waals surface area (Å²) in [7, 11) is 1.60. The summed E-state index contributed by atoms with van der Waals surface area (Å²) < 4.78 is 73.5. The number of fused-ring (bicyclic) bond motifs is 5. The van der Waals surface area contributed by atoms with Crippen LogP contribution in [0.3, 0.4) is 0 Å². The second-order valence-corrected chi connectivity index (χ2v) is 28.3. The van der Waals surface area contributed by atoms with E-state index >= 15 is 9.59 Å². The molecule has 3 amide bonds. The number of nitrogens with one attached hydrogen (secondary N) is 3. The van der Waals surface area contributed by atoms with Crippen molar-refractivity contribution in [3.05, 3.63) is 113 Å². The second-order valence-electron chi connectivity index (χ2n) is 27.3. The summed E-state index contributed by atoms with van der Waals surface area (Å²) in [5.74, 6) is -2.21. The maximum absolute atomic E-state index is 15.2. The number of methoxy groups -OCH3 is 1. The molecule has 4 aliphatic carbocycles. The van der Waals surface area contributed by atoms with Crippen LogP contribution in [0.5, 0.6) is 0 Å². The Morgan fingerprint density at radius 3 is 2.07 bits per heavy atom. The van der Waals surface area contributed by atoms with Crippen molar-refractivity contribution in [3.63, 3.8) is 0 Å². The van der Waals surface area contributed by atoms with E-state index in [4.69, 9.17) is 48.5 Å². The third-order valence-electron chi connectivity index (χ3n) is 19.2. The molecule has 0 aromatic heterocycles. The largest absolute Gasteiger partial charge is 0.768 e. The van der Waals surface area contributed by atoms with Gasteiger partial charge >= 0.3 is 30.0 Å². The van der Waals surface area contributed by atoms with E-state index < -0.39 is 147 Å². The first kappa shape index (κ1) is 79.5. The molecule has 3 unspecified atom stereocenters. The molecule has 100 heavy (non-hydrogen) atoms. The van der Waals surface area contributed by atoms with E-state index in [2.05, 4.69) is 21.1 Å². The first-order chi connectivity index (χ1) is 47.2. The maximum Gasteiger partial charge on any atom is 0.408 e. The Balaban J connectivity index is 0.000000358. The van der Waals surface area contributed by atoms with Crippen molar-refractivity contribution in [1.82, 2.24) is 16.0 Å². The molecule has 1 heterocycles. The van der Waals surface area contributed by atoms with Gasteiger partial charge in [-0.25, -0.2) is 14.4 Å². The predicted octanol–water partition coefficient (Wildman–Crippen LogP) is 4.89. The van der Waals surface area contributed by atoms with Crippen molar-refractivity contribution in [2.45, 2.75) is 191 Å². The first-order valence-electron chi connectivity index (χ1n) is 33.3. The average molecular weight is 1420 g/mol. The summed E-state index contributed by atoms with van der Waals surface area (Å²) in [4.78, 5) is 121. The van der Waals surface area contributed by atoms with Gasteiger partial charge in [0.15, 0.2) is 17.2 Å². The molecular weight excluding hydrogens is 1320 g/mol. The first-order valence-corrected chi connectivity index (χ1v) is 34.4. The fourth-order valence-electron chi connectivity index (χ4n) is 13.8. The number of rotatable bonds is 28. The van der Waals surface area contributed by atoms with E-state index in [-0.39, 0.29) is 64.7 Å².